The summed E-state index contributed by atoms with van der Waals surface area (Å²) in [5.74, 6) is 0.914. The second kappa shape index (κ2) is 5.46. The third-order valence-electron chi connectivity index (χ3n) is 3.63. The van der Waals surface area contributed by atoms with Crippen LogP contribution in [0.3, 0.4) is 0 Å². The average Bonchev–Trinajstić information content (AvgIpc) is 2.94. The Balaban J connectivity index is 1.94. The fourth-order valence-corrected chi connectivity index (χ4v) is 2.63. The van der Waals surface area contributed by atoms with Gasteiger partial charge >= 0.3 is 0 Å². The maximum atomic E-state index is 12.3. The summed E-state index contributed by atoms with van der Waals surface area (Å²) >= 11 is 0. The highest BCUT2D eigenvalue weighted by Crippen LogP contribution is 2.29. The van der Waals surface area contributed by atoms with Gasteiger partial charge in [0.15, 0.2) is 0 Å². The van der Waals surface area contributed by atoms with Gasteiger partial charge < -0.3 is 14.2 Å². The number of nitrogens with zero attached hydrogens (tertiary/aromatic N) is 3. The molecule has 0 fully saturated rings. The van der Waals surface area contributed by atoms with Gasteiger partial charge in [-0.15, -0.1) is 0 Å². The second-order valence-electron chi connectivity index (χ2n) is 4.88. The normalized spacial score (nSPS) is 17.9. The molecule has 0 N–H and O–H groups in total. The molecular weight excluding hydrogens is 254 g/mol. The number of fused-ring (bicyclic) bond motifs is 1. The first-order valence-corrected chi connectivity index (χ1v) is 6.63. The summed E-state index contributed by atoms with van der Waals surface area (Å²) in [5, 5.41) is 0. The number of hydrogen-bond acceptors (Lipinski definition) is 3. The fraction of sp³-hybridized carbons (Fsp3) is 0.333. The lowest BCUT2D eigenvalue weighted by Gasteiger charge is -2.36. The third-order valence-corrected chi connectivity index (χ3v) is 3.63. The molecule has 5 heteroatoms. The average molecular weight is 271 g/mol. The van der Waals surface area contributed by atoms with Crippen LogP contribution in [0, 0.1) is 0 Å². The third kappa shape index (κ3) is 2.32. The van der Waals surface area contributed by atoms with Crippen LogP contribution >= 0.6 is 0 Å². The minimum Gasteiger partial charge on any atom is -0.375 e. The highest BCUT2D eigenvalue weighted by molar-refractivity contribution is 5.78. The van der Waals surface area contributed by atoms with Gasteiger partial charge in [0.05, 0.1) is 12.6 Å². The number of methoxy groups -OCH3 is 1. The van der Waals surface area contributed by atoms with E-state index in [-0.39, 0.29) is 18.6 Å². The lowest BCUT2D eigenvalue weighted by atomic mass is 10.0. The van der Waals surface area contributed by atoms with Gasteiger partial charge in [-0.3, -0.25) is 4.79 Å². The monoisotopic (exact) mass is 271 g/mol. The number of ether oxygens (including phenoxy) is 1. The van der Waals surface area contributed by atoms with Gasteiger partial charge in [-0.05, 0) is 5.56 Å². The van der Waals surface area contributed by atoms with Crippen molar-refractivity contribution in [3.05, 3.63) is 54.1 Å². The molecule has 0 saturated carbocycles. The molecule has 0 spiro atoms. The van der Waals surface area contributed by atoms with Crippen LogP contribution in [-0.2, 0) is 22.6 Å². The van der Waals surface area contributed by atoms with E-state index in [1.807, 2.05) is 29.3 Å². The van der Waals surface area contributed by atoms with E-state index >= 15 is 0 Å². The maximum Gasteiger partial charge on any atom is 0.249 e. The summed E-state index contributed by atoms with van der Waals surface area (Å²) in [4.78, 5) is 18.4. The Labute approximate surface area is 117 Å². The number of imidazole rings is 1. The van der Waals surface area contributed by atoms with Crippen molar-refractivity contribution in [2.24, 2.45) is 0 Å². The van der Waals surface area contributed by atoms with E-state index in [1.165, 1.54) is 0 Å². The predicted octanol–water partition coefficient (Wildman–Crippen LogP) is 1.61. The molecular formula is C15H17N3O2. The molecule has 2 aromatic rings. The van der Waals surface area contributed by atoms with Gasteiger partial charge in [-0.25, -0.2) is 4.98 Å². The number of aromatic nitrogens is 2. The van der Waals surface area contributed by atoms with Crippen LogP contribution in [0.4, 0.5) is 0 Å². The second-order valence-corrected chi connectivity index (χ2v) is 4.88. The summed E-state index contributed by atoms with van der Waals surface area (Å²) in [6.07, 6.45) is 3.74. The number of amides is 1. The largest absolute Gasteiger partial charge is 0.375 e. The summed E-state index contributed by atoms with van der Waals surface area (Å²) < 4.78 is 7.10. The Morgan fingerprint density at radius 2 is 2.20 bits per heavy atom. The highest BCUT2D eigenvalue weighted by Gasteiger charge is 2.31. The van der Waals surface area contributed by atoms with E-state index < -0.39 is 0 Å². The predicted molar refractivity (Wildman–Crippen MR) is 73.8 cm³/mol. The first-order chi connectivity index (χ1) is 9.79. The Morgan fingerprint density at radius 3 is 2.95 bits per heavy atom. The minimum absolute atomic E-state index is 0.00407. The number of carbonyl (C=O) groups excluding carboxylic acids is 1. The van der Waals surface area contributed by atoms with Gasteiger partial charge in [0.2, 0.25) is 5.91 Å². The van der Waals surface area contributed by atoms with Gasteiger partial charge in [-0.2, -0.15) is 0 Å². The molecule has 1 aromatic carbocycles. The molecule has 5 nitrogen and oxygen atoms in total. The molecule has 1 aromatic heterocycles. The van der Waals surface area contributed by atoms with E-state index in [0.717, 1.165) is 17.9 Å². The van der Waals surface area contributed by atoms with Crippen molar-refractivity contribution in [3.8, 4) is 0 Å². The molecule has 1 atom stereocenters. The SMILES string of the molecule is COCC(=O)N1Cc2nccn2C[C@@H]1c1ccccc1. The smallest absolute Gasteiger partial charge is 0.249 e. The van der Waals surface area contributed by atoms with Crippen molar-refractivity contribution < 1.29 is 9.53 Å². The molecule has 104 valence electrons. The summed E-state index contributed by atoms with van der Waals surface area (Å²) in [5.41, 5.74) is 1.14. The van der Waals surface area contributed by atoms with E-state index in [2.05, 4.69) is 21.7 Å². The quantitative estimate of drug-likeness (QED) is 0.852. The first-order valence-electron chi connectivity index (χ1n) is 6.63. The zero-order valence-corrected chi connectivity index (χ0v) is 11.4. The van der Waals surface area contributed by atoms with Gasteiger partial charge in [-0.1, -0.05) is 30.3 Å². The molecule has 1 aliphatic heterocycles. The van der Waals surface area contributed by atoms with E-state index in [0.29, 0.717) is 6.54 Å². The van der Waals surface area contributed by atoms with E-state index in [1.54, 1.807) is 13.3 Å². The van der Waals surface area contributed by atoms with Crippen LogP contribution in [0.5, 0.6) is 0 Å². The number of benzene rings is 1. The summed E-state index contributed by atoms with van der Waals surface area (Å²) in [6.45, 7) is 1.35. The van der Waals surface area contributed by atoms with Crippen LogP contribution in [0.15, 0.2) is 42.7 Å². The van der Waals surface area contributed by atoms with E-state index in [4.69, 9.17) is 4.74 Å². The number of rotatable bonds is 3. The van der Waals surface area contributed by atoms with Crippen molar-refractivity contribution in [3.63, 3.8) is 0 Å². The van der Waals surface area contributed by atoms with Gasteiger partial charge in [0.1, 0.15) is 12.4 Å². The van der Waals surface area contributed by atoms with Crippen LogP contribution in [0.2, 0.25) is 0 Å². The Hall–Kier alpha value is -2.14. The maximum absolute atomic E-state index is 12.3. The summed E-state index contributed by atoms with van der Waals surface area (Å²) in [7, 11) is 1.54. The standard InChI is InChI=1S/C15H17N3O2/c1-20-11-15(19)18-10-14-16-7-8-17(14)9-13(18)12-5-3-2-4-6-12/h2-8,13H,9-11H2,1H3/t13-/m1/s1. The van der Waals surface area contributed by atoms with Crippen molar-refractivity contribution in [2.75, 3.05) is 13.7 Å². The first kappa shape index (κ1) is 12.9. The lowest BCUT2D eigenvalue weighted by molar-refractivity contribution is -0.139. The van der Waals surface area contributed by atoms with Crippen LogP contribution in [0.25, 0.3) is 0 Å². The van der Waals surface area contributed by atoms with Gasteiger partial charge in [0.25, 0.3) is 0 Å². The molecule has 0 bridgehead atoms. The molecule has 1 amide bonds. The number of hydrogen-bond donors (Lipinski definition) is 0. The van der Waals surface area contributed by atoms with Crippen molar-refractivity contribution in [1.29, 1.82) is 0 Å². The van der Waals surface area contributed by atoms with Crippen LogP contribution in [0.1, 0.15) is 17.4 Å². The summed E-state index contributed by atoms with van der Waals surface area (Å²) in [6, 6.07) is 10.1. The lowest BCUT2D eigenvalue weighted by Crippen LogP contribution is -2.42. The Morgan fingerprint density at radius 1 is 1.40 bits per heavy atom. The van der Waals surface area contributed by atoms with E-state index in [9.17, 15) is 4.79 Å². The van der Waals surface area contributed by atoms with Gasteiger partial charge in [0, 0.05) is 26.0 Å². The fourth-order valence-electron chi connectivity index (χ4n) is 2.63. The van der Waals surface area contributed by atoms with Crippen LogP contribution < -0.4 is 0 Å². The zero-order valence-electron chi connectivity index (χ0n) is 11.4. The molecule has 1 aliphatic rings. The molecule has 2 heterocycles. The molecule has 0 aliphatic carbocycles. The van der Waals surface area contributed by atoms with Crippen LogP contribution in [-0.4, -0.2) is 34.1 Å². The Bertz CT molecular complexity index is 594. The topological polar surface area (TPSA) is 47.4 Å². The minimum atomic E-state index is -0.00407. The molecule has 0 unspecified atom stereocenters. The highest BCUT2D eigenvalue weighted by atomic mass is 16.5. The van der Waals surface area contributed by atoms with Crippen molar-refractivity contribution in [1.82, 2.24) is 14.5 Å². The Kier molecular flexibility index (Phi) is 3.52. The van der Waals surface area contributed by atoms with Crippen molar-refractivity contribution in [2.45, 2.75) is 19.1 Å². The molecule has 20 heavy (non-hydrogen) atoms. The molecule has 0 radical (unpaired) electrons. The molecule has 3 rings (SSSR count). The molecule has 0 saturated heterocycles. The number of carbonyl (C=O) groups is 1. The van der Waals surface area contributed by atoms with Crippen molar-refractivity contribution >= 4 is 5.91 Å². The zero-order chi connectivity index (χ0) is 13.9.